The Labute approximate surface area is 154 Å². The predicted octanol–water partition coefficient (Wildman–Crippen LogP) is 3.12. The first-order valence-corrected chi connectivity index (χ1v) is 10.0. The smallest absolute Gasteiger partial charge is 0.247 e. The molecule has 0 fully saturated rings. The van der Waals surface area contributed by atoms with Crippen molar-refractivity contribution in [3.63, 3.8) is 0 Å². The number of sulfonamides is 1. The van der Waals surface area contributed by atoms with Crippen LogP contribution >= 0.6 is 0 Å². The summed E-state index contributed by atoms with van der Waals surface area (Å²) in [6.45, 7) is 2.00. The molecule has 6 nitrogen and oxygen atoms in total. The molecule has 138 valence electrons. The fourth-order valence-corrected chi connectivity index (χ4v) is 3.94. The Bertz CT molecular complexity index is 937. The number of ether oxygens (including phenoxy) is 2. The lowest BCUT2D eigenvalue weighted by Gasteiger charge is -2.21. The maximum Gasteiger partial charge on any atom is 0.247 e. The van der Waals surface area contributed by atoms with Gasteiger partial charge in [-0.15, -0.1) is 0 Å². The Hall–Kier alpha value is -2.54. The molecule has 2 aromatic carbocycles. The number of aryl methyl sites for hydroxylation is 1. The Kier molecular flexibility index (Phi) is 4.91. The highest BCUT2D eigenvalue weighted by Crippen LogP contribution is 2.37. The van der Waals surface area contributed by atoms with E-state index in [1.54, 1.807) is 26.4 Å². The number of rotatable bonds is 5. The highest BCUT2D eigenvalue weighted by atomic mass is 32.2. The van der Waals surface area contributed by atoms with E-state index in [0.29, 0.717) is 23.6 Å². The van der Waals surface area contributed by atoms with Gasteiger partial charge in [0, 0.05) is 12.0 Å². The molecule has 3 rings (SSSR count). The van der Waals surface area contributed by atoms with Crippen LogP contribution in [0.3, 0.4) is 0 Å². The second-order valence-electron chi connectivity index (χ2n) is 6.28. The quantitative estimate of drug-likeness (QED) is 0.806. The largest absolute Gasteiger partial charge is 0.497 e. The topological polar surface area (TPSA) is 68.2 Å². The summed E-state index contributed by atoms with van der Waals surface area (Å²) >= 11 is 0. The number of nitrogens with zero attached hydrogens (tertiary/aromatic N) is 2. The van der Waals surface area contributed by atoms with E-state index >= 15 is 0 Å². The van der Waals surface area contributed by atoms with Crippen molar-refractivity contribution < 1.29 is 17.9 Å². The molecule has 1 aliphatic heterocycles. The summed E-state index contributed by atoms with van der Waals surface area (Å²) < 4.78 is 36.5. The van der Waals surface area contributed by atoms with Crippen LogP contribution in [0.15, 0.2) is 47.6 Å². The van der Waals surface area contributed by atoms with Gasteiger partial charge in [-0.3, -0.25) is 0 Å². The molecule has 0 bridgehead atoms. The SMILES string of the molecule is COc1ccc(OC)c(C2=NN(S(C)(=O)=O)[C@@H](c3ccc(C)cc3)C2)c1. The average Bonchev–Trinajstić information content (AvgIpc) is 3.07. The molecule has 2 aromatic rings. The van der Waals surface area contributed by atoms with Crippen molar-refractivity contribution in [1.29, 1.82) is 0 Å². The van der Waals surface area contributed by atoms with Crippen molar-refractivity contribution in [2.75, 3.05) is 20.5 Å². The van der Waals surface area contributed by atoms with Crippen LogP contribution < -0.4 is 9.47 Å². The summed E-state index contributed by atoms with van der Waals surface area (Å²) in [6.07, 6.45) is 1.63. The van der Waals surface area contributed by atoms with Gasteiger partial charge in [0.25, 0.3) is 0 Å². The van der Waals surface area contributed by atoms with Crippen LogP contribution in [0.5, 0.6) is 11.5 Å². The molecule has 0 aromatic heterocycles. The molecule has 0 N–H and O–H groups in total. The van der Waals surface area contributed by atoms with Gasteiger partial charge < -0.3 is 9.47 Å². The van der Waals surface area contributed by atoms with Gasteiger partial charge in [-0.1, -0.05) is 29.8 Å². The Balaban J connectivity index is 2.06. The minimum Gasteiger partial charge on any atom is -0.497 e. The first kappa shape index (κ1) is 18.3. The molecule has 0 amide bonds. The van der Waals surface area contributed by atoms with Crippen molar-refractivity contribution in [3.05, 3.63) is 59.2 Å². The van der Waals surface area contributed by atoms with Crippen LogP contribution in [0, 0.1) is 6.92 Å². The van der Waals surface area contributed by atoms with E-state index in [9.17, 15) is 8.42 Å². The summed E-state index contributed by atoms with van der Waals surface area (Å²) in [5.74, 6) is 1.29. The van der Waals surface area contributed by atoms with E-state index in [-0.39, 0.29) is 6.04 Å². The van der Waals surface area contributed by atoms with Crippen LogP contribution in [0.2, 0.25) is 0 Å². The van der Waals surface area contributed by atoms with Crippen molar-refractivity contribution in [1.82, 2.24) is 4.41 Å². The molecule has 1 aliphatic rings. The lowest BCUT2D eigenvalue weighted by atomic mass is 9.98. The van der Waals surface area contributed by atoms with Crippen molar-refractivity contribution in [2.45, 2.75) is 19.4 Å². The molecule has 0 unspecified atom stereocenters. The molecular weight excluding hydrogens is 352 g/mol. The molecule has 0 saturated heterocycles. The molecule has 7 heteroatoms. The molecule has 0 radical (unpaired) electrons. The van der Waals surface area contributed by atoms with E-state index in [1.165, 1.54) is 10.7 Å². The van der Waals surface area contributed by atoms with Crippen molar-refractivity contribution in [2.24, 2.45) is 5.10 Å². The van der Waals surface area contributed by atoms with Gasteiger partial charge in [-0.2, -0.15) is 9.52 Å². The highest BCUT2D eigenvalue weighted by molar-refractivity contribution is 7.88. The third-order valence-electron chi connectivity index (χ3n) is 4.39. The second-order valence-corrected chi connectivity index (χ2v) is 8.12. The number of hydrogen-bond donors (Lipinski definition) is 0. The number of hydrazone groups is 1. The molecule has 0 aliphatic carbocycles. The van der Waals surface area contributed by atoms with Gasteiger partial charge in [0.05, 0.1) is 32.2 Å². The normalized spacial score (nSPS) is 17.2. The zero-order valence-corrected chi connectivity index (χ0v) is 16.1. The Morgan fingerprint density at radius 2 is 1.77 bits per heavy atom. The third kappa shape index (κ3) is 3.53. The van der Waals surface area contributed by atoms with E-state index in [1.807, 2.05) is 37.3 Å². The molecule has 1 atom stereocenters. The standard InChI is InChI=1S/C19H22N2O4S/c1-13-5-7-14(8-6-13)18-12-17(20-21(18)26(4,22)23)16-11-15(24-2)9-10-19(16)25-3/h5-11,18H,12H2,1-4H3/t18-/m1/s1. The highest BCUT2D eigenvalue weighted by Gasteiger charge is 2.35. The van der Waals surface area contributed by atoms with Crippen LogP contribution in [-0.2, 0) is 10.0 Å². The van der Waals surface area contributed by atoms with E-state index < -0.39 is 10.0 Å². The summed E-state index contributed by atoms with van der Waals surface area (Å²) in [5, 5.41) is 4.42. The Morgan fingerprint density at radius 3 is 2.35 bits per heavy atom. The van der Waals surface area contributed by atoms with Crippen molar-refractivity contribution in [3.8, 4) is 11.5 Å². The zero-order valence-electron chi connectivity index (χ0n) is 15.3. The van der Waals surface area contributed by atoms with Gasteiger partial charge in [-0.25, -0.2) is 8.42 Å². The Morgan fingerprint density at radius 1 is 1.08 bits per heavy atom. The lowest BCUT2D eigenvalue weighted by molar-refractivity contribution is 0.375. The minimum atomic E-state index is -3.51. The zero-order chi connectivity index (χ0) is 18.9. The maximum atomic E-state index is 12.3. The monoisotopic (exact) mass is 374 g/mol. The summed E-state index contributed by atoms with van der Waals surface area (Å²) in [7, 11) is -0.353. The minimum absolute atomic E-state index is 0.378. The van der Waals surface area contributed by atoms with Crippen LogP contribution in [0.1, 0.15) is 29.2 Å². The van der Waals surface area contributed by atoms with Crippen LogP contribution in [0.25, 0.3) is 0 Å². The van der Waals surface area contributed by atoms with E-state index in [0.717, 1.165) is 16.7 Å². The molecular formula is C19H22N2O4S. The molecule has 0 saturated carbocycles. The van der Waals surface area contributed by atoms with Gasteiger partial charge in [0.2, 0.25) is 10.0 Å². The fraction of sp³-hybridized carbons (Fsp3) is 0.316. The number of methoxy groups -OCH3 is 2. The molecule has 1 heterocycles. The van der Waals surface area contributed by atoms with Crippen LogP contribution in [-0.4, -0.2) is 39.0 Å². The number of benzene rings is 2. The predicted molar refractivity (Wildman–Crippen MR) is 101 cm³/mol. The van der Waals surface area contributed by atoms with Gasteiger partial charge in [-0.05, 0) is 30.7 Å². The fourth-order valence-electron chi connectivity index (χ4n) is 3.03. The van der Waals surface area contributed by atoms with E-state index in [4.69, 9.17) is 9.47 Å². The molecule has 26 heavy (non-hydrogen) atoms. The molecule has 0 spiro atoms. The van der Waals surface area contributed by atoms with Gasteiger partial charge >= 0.3 is 0 Å². The summed E-state index contributed by atoms with van der Waals surface area (Å²) in [4.78, 5) is 0. The van der Waals surface area contributed by atoms with Gasteiger partial charge in [0.15, 0.2) is 0 Å². The summed E-state index contributed by atoms with van der Waals surface area (Å²) in [5.41, 5.74) is 3.40. The third-order valence-corrected chi connectivity index (χ3v) is 5.41. The first-order valence-electron chi connectivity index (χ1n) is 8.19. The maximum absolute atomic E-state index is 12.3. The second kappa shape index (κ2) is 6.99. The first-order chi connectivity index (χ1) is 12.3. The lowest BCUT2D eigenvalue weighted by Crippen LogP contribution is -2.25. The van der Waals surface area contributed by atoms with Gasteiger partial charge in [0.1, 0.15) is 11.5 Å². The van der Waals surface area contributed by atoms with Crippen molar-refractivity contribution >= 4 is 15.7 Å². The van der Waals surface area contributed by atoms with E-state index in [2.05, 4.69) is 5.10 Å². The average molecular weight is 374 g/mol. The number of hydrogen-bond acceptors (Lipinski definition) is 5. The van der Waals surface area contributed by atoms with Crippen LogP contribution in [0.4, 0.5) is 0 Å². The summed E-state index contributed by atoms with van der Waals surface area (Å²) in [6, 6.07) is 12.9.